The molecule has 0 aliphatic carbocycles. The number of primary amides is 1. The van der Waals surface area contributed by atoms with Crippen LogP contribution >= 0.6 is 11.3 Å². The number of nitrogens with two attached hydrogens (primary N) is 1. The number of hydrogen-bond acceptors (Lipinski definition) is 6. The first-order chi connectivity index (χ1) is 14.1. The van der Waals surface area contributed by atoms with E-state index in [9.17, 15) is 4.79 Å². The molecule has 29 heavy (non-hydrogen) atoms. The molecule has 1 aliphatic heterocycles. The molecule has 0 atom stereocenters. The van der Waals surface area contributed by atoms with Crippen LogP contribution in [-0.4, -0.2) is 42.0 Å². The van der Waals surface area contributed by atoms with Crippen molar-refractivity contribution >= 4 is 29.0 Å². The highest BCUT2D eigenvalue weighted by atomic mass is 32.1. The number of aliphatic imine (C=N–C) groups is 1. The molecule has 2 aromatic rings. The first-order valence-electron chi connectivity index (χ1n) is 9.97. The molecule has 1 fully saturated rings. The number of thiazole rings is 1. The number of piperidine rings is 1. The van der Waals surface area contributed by atoms with Gasteiger partial charge in [0.05, 0.1) is 6.54 Å². The summed E-state index contributed by atoms with van der Waals surface area (Å²) in [6.45, 7) is 4.96. The summed E-state index contributed by atoms with van der Waals surface area (Å²) in [7, 11) is 1.76. The third-order valence-corrected chi connectivity index (χ3v) is 6.23. The van der Waals surface area contributed by atoms with Crippen LogP contribution in [0.3, 0.4) is 0 Å². The standard InChI is InChI=1S/C20H29N7OS/c1-3-16-12-24-17(29-16)13-26-20(22-2)25-11-15-5-4-8-23-19(15)27-9-6-14(7-10-27)18(21)28/h4-5,8,12,14H,3,6-7,9-11,13H2,1-2H3,(H2,21,28)(H2,22,25,26). The van der Waals surface area contributed by atoms with Crippen LogP contribution in [0.2, 0.25) is 0 Å². The summed E-state index contributed by atoms with van der Waals surface area (Å²) in [6, 6.07) is 4.01. The average molecular weight is 416 g/mol. The predicted molar refractivity (Wildman–Crippen MR) is 117 cm³/mol. The van der Waals surface area contributed by atoms with Gasteiger partial charge in [0.1, 0.15) is 10.8 Å². The lowest BCUT2D eigenvalue weighted by Crippen LogP contribution is -2.40. The summed E-state index contributed by atoms with van der Waals surface area (Å²) in [6.07, 6.45) is 6.29. The summed E-state index contributed by atoms with van der Waals surface area (Å²) >= 11 is 1.72. The zero-order chi connectivity index (χ0) is 20.6. The Morgan fingerprint density at radius 3 is 2.72 bits per heavy atom. The van der Waals surface area contributed by atoms with Crippen molar-refractivity contribution in [3.8, 4) is 0 Å². The number of nitrogens with zero attached hydrogens (tertiary/aromatic N) is 4. The highest BCUT2D eigenvalue weighted by molar-refractivity contribution is 7.11. The van der Waals surface area contributed by atoms with Crippen LogP contribution in [0.15, 0.2) is 29.5 Å². The van der Waals surface area contributed by atoms with Gasteiger partial charge < -0.3 is 21.3 Å². The quantitative estimate of drug-likeness (QED) is 0.469. The van der Waals surface area contributed by atoms with Crippen molar-refractivity contribution in [2.45, 2.75) is 39.3 Å². The zero-order valence-corrected chi connectivity index (χ0v) is 17.8. The van der Waals surface area contributed by atoms with E-state index in [0.717, 1.165) is 54.7 Å². The minimum atomic E-state index is -0.200. The second-order valence-corrected chi connectivity index (χ2v) is 8.20. The lowest BCUT2D eigenvalue weighted by molar-refractivity contribution is -0.122. The molecule has 3 heterocycles. The van der Waals surface area contributed by atoms with Crippen LogP contribution < -0.4 is 21.3 Å². The van der Waals surface area contributed by atoms with E-state index in [4.69, 9.17) is 5.73 Å². The second-order valence-electron chi connectivity index (χ2n) is 7.00. The Kier molecular flexibility index (Phi) is 7.40. The fourth-order valence-electron chi connectivity index (χ4n) is 3.38. The number of aromatic nitrogens is 2. The van der Waals surface area contributed by atoms with Crippen LogP contribution in [0.4, 0.5) is 5.82 Å². The highest BCUT2D eigenvalue weighted by Crippen LogP contribution is 2.24. The van der Waals surface area contributed by atoms with Gasteiger partial charge in [0, 0.05) is 55.4 Å². The van der Waals surface area contributed by atoms with E-state index in [0.29, 0.717) is 13.1 Å². The molecule has 4 N–H and O–H groups in total. The molecule has 0 radical (unpaired) electrons. The monoisotopic (exact) mass is 415 g/mol. The lowest BCUT2D eigenvalue weighted by Gasteiger charge is -2.32. The number of anilines is 1. The molecule has 1 aliphatic rings. The van der Waals surface area contributed by atoms with Gasteiger partial charge >= 0.3 is 0 Å². The number of carbonyl (C=O) groups is 1. The van der Waals surface area contributed by atoms with Crippen molar-refractivity contribution in [1.29, 1.82) is 0 Å². The molecule has 0 bridgehead atoms. The molecule has 9 heteroatoms. The largest absolute Gasteiger partial charge is 0.369 e. The Morgan fingerprint density at radius 1 is 1.31 bits per heavy atom. The predicted octanol–water partition coefficient (Wildman–Crippen LogP) is 1.67. The fourth-order valence-corrected chi connectivity index (χ4v) is 4.18. The van der Waals surface area contributed by atoms with E-state index >= 15 is 0 Å². The Hall–Kier alpha value is -2.68. The number of guanidine groups is 1. The topological polar surface area (TPSA) is 109 Å². The molecule has 1 saturated heterocycles. The minimum absolute atomic E-state index is 0.0290. The molecule has 2 aromatic heterocycles. The Balaban J connectivity index is 1.56. The van der Waals surface area contributed by atoms with Crippen molar-refractivity contribution in [1.82, 2.24) is 20.6 Å². The summed E-state index contributed by atoms with van der Waals surface area (Å²) in [4.78, 5) is 28.2. The summed E-state index contributed by atoms with van der Waals surface area (Å²) in [5, 5.41) is 7.72. The van der Waals surface area contributed by atoms with Gasteiger partial charge in [0.25, 0.3) is 0 Å². The molecule has 0 saturated carbocycles. The highest BCUT2D eigenvalue weighted by Gasteiger charge is 2.24. The Labute approximate surface area is 175 Å². The van der Waals surface area contributed by atoms with Crippen LogP contribution in [-0.2, 0) is 24.3 Å². The number of amides is 1. The number of aryl methyl sites for hydroxylation is 1. The van der Waals surface area contributed by atoms with Crippen LogP contribution in [0.25, 0.3) is 0 Å². The maximum Gasteiger partial charge on any atom is 0.220 e. The number of carbonyl (C=O) groups excluding carboxylic acids is 1. The van der Waals surface area contributed by atoms with Crippen LogP contribution in [0.5, 0.6) is 0 Å². The van der Waals surface area contributed by atoms with E-state index in [2.05, 4.69) is 43.5 Å². The molecule has 3 rings (SSSR count). The van der Waals surface area contributed by atoms with Gasteiger partial charge in [-0.2, -0.15) is 0 Å². The van der Waals surface area contributed by atoms with Gasteiger partial charge in [-0.1, -0.05) is 13.0 Å². The number of hydrogen-bond donors (Lipinski definition) is 3. The van der Waals surface area contributed by atoms with Gasteiger partial charge in [-0.05, 0) is 25.3 Å². The lowest BCUT2D eigenvalue weighted by atomic mass is 9.96. The number of rotatable bonds is 7. The second kappa shape index (κ2) is 10.2. The van der Waals surface area contributed by atoms with Crippen molar-refractivity contribution < 1.29 is 4.79 Å². The maximum atomic E-state index is 11.4. The van der Waals surface area contributed by atoms with Crippen molar-refractivity contribution in [3.63, 3.8) is 0 Å². The molecular formula is C20H29N7OS. The van der Waals surface area contributed by atoms with Crippen molar-refractivity contribution in [2.24, 2.45) is 16.6 Å². The van der Waals surface area contributed by atoms with Gasteiger partial charge in [0.15, 0.2) is 5.96 Å². The van der Waals surface area contributed by atoms with Gasteiger partial charge in [0.2, 0.25) is 5.91 Å². The molecule has 0 aromatic carbocycles. The molecular weight excluding hydrogens is 386 g/mol. The van der Waals surface area contributed by atoms with E-state index in [-0.39, 0.29) is 11.8 Å². The van der Waals surface area contributed by atoms with Crippen molar-refractivity contribution in [2.75, 3.05) is 25.0 Å². The van der Waals surface area contributed by atoms with Crippen LogP contribution in [0.1, 0.15) is 35.2 Å². The first-order valence-corrected chi connectivity index (χ1v) is 10.8. The zero-order valence-electron chi connectivity index (χ0n) is 17.0. The molecule has 156 valence electrons. The third-order valence-electron chi connectivity index (χ3n) is 5.09. The molecule has 1 amide bonds. The normalized spacial score (nSPS) is 15.4. The van der Waals surface area contributed by atoms with E-state index in [1.54, 1.807) is 24.6 Å². The maximum absolute atomic E-state index is 11.4. The number of nitrogens with one attached hydrogen (secondary N) is 2. The summed E-state index contributed by atoms with van der Waals surface area (Å²) in [5.74, 6) is 1.44. The van der Waals surface area contributed by atoms with Crippen LogP contribution in [0, 0.1) is 5.92 Å². The van der Waals surface area contributed by atoms with E-state index < -0.39 is 0 Å². The smallest absolute Gasteiger partial charge is 0.220 e. The van der Waals surface area contributed by atoms with Gasteiger partial charge in [-0.25, -0.2) is 9.97 Å². The molecule has 0 unspecified atom stereocenters. The molecule has 0 spiro atoms. The summed E-state index contributed by atoms with van der Waals surface area (Å²) in [5.41, 5.74) is 6.54. The van der Waals surface area contributed by atoms with Gasteiger partial charge in [-0.15, -0.1) is 11.3 Å². The van der Waals surface area contributed by atoms with Crippen molar-refractivity contribution in [3.05, 3.63) is 40.0 Å². The Morgan fingerprint density at radius 2 is 2.07 bits per heavy atom. The van der Waals surface area contributed by atoms with Gasteiger partial charge in [-0.3, -0.25) is 9.79 Å². The fraction of sp³-hybridized carbons (Fsp3) is 0.500. The average Bonchev–Trinajstić information content (AvgIpc) is 3.22. The molecule has 8 nitrogen and oxygen atoms in total. The SMILES string of the molecule is CCc1cnc(CNC(=NC)NCc2cccnc2N2CCC(C(N)=O)CC2)s1. The Bertz CT molecular complexity index is 843. The minimum Gasteiger partial charge on any atom is -0.369 e. The van der Waals surface area contributed by atoms with E-state index in [1.807, 2.05) is 12.3 Å². The number of pyridine rings is 1. The summed E-state index contributed by atoms with van der Waals surface area (Å²) < 4.78 is 0. The van der Waals surface area contributed by atoms with E-state index in [1.165, 1.54) is 4.88 Å². The third kappa shape index (κ3) is 5.66. The first kappa shape index (κ1) is 21.0.